The maximum absolute atomic E-state index is 12.3. The van der Waals surface area contributed by atoms with E-state index in [1.165, 1.54) is 22.0 Å². The number of benzene rings is 2. The van der Waals surface area contributed by atoms with Gasteiger partial charge in [-0.2, -0.15) is 0 Å². The van der Waals surface area contributed by atoms with E-state index in [-0.39, 0.29) is 5.91 Å². The molecule has 6 heteroatoms. The van der Waals surface area contributed by atoms with Crippen molar-refractivity contribution < 1.29 is 4.79 Å². The maximum atomic E-state index is 12.3. The minimum Gasteiger partial charge on any atom is -0.325 e. The predicted molar refractivity (Wildman–Crippen MR) is 110 cm³/mol. The largest absolute Gasteiger partial charge is 0.325 e. The zero-order valence-corrected chi connectivity index (χ0v) is 15.9. The third-order valence-electron chi connectivity index (χ3n) is 4.11. The Morgan fingerprint density at radius 1 is 1.12 bits per heavy atom. The first-order chi connectivity index (χ1) is 12.7. The summed E-state index contributed by atoms with van der Waals surface area (Å²) in [4.78, 5) is 21.1. The zero-order chi connectivity index (χ0) is 17.9. The van der Waals surface area contributed by atoms with Crippen LogP contribution in [0.3, 0.4) is 0 Å². The molecule has 0 saturated heterocycles. The monoisotopic (exact) mass is 379 g/mol. The molecule has 0 fully saturated rings. The molecule has 0 bridgehead atoms. The summed E-state index contributed by atoms with van der Waals surface area (Å²) in [6, 6.07) is 16.1. The van der Waals surface area contributed by atoms with Crippen LogP contribution < -0.4 is 5.32 Å². The van der Waals surface area contributed by atoms with Crippen LogP contribution in [0.1, 0.15) is 12.5 Å². The molecule has 1 amide bonds. The van der Waals surface area contributed by atoms with E-state index in [2.05, 4.69) is 34.3 Å². The first-order valence-corrected chi connectivity index (χ1v) is 10.2. The molecule has 4 rings (SSSR count). The normalized spacial score (nSPS) is 11.1. The van der Waals surface area contributed by atoms with Gasteiger partial charge in [-0.3, -0.25) is 4.79 Å². The lowest BCUT2D eigenvalue weighted by molar-refractivity contribution is -0.113. The number of fused-ring (bicyclic) bond motifs is 3. The molecule has 0 saturated carbocycles. The molecule has 2 heterocycles. The molecule has 130 valence electrons. The molecular weight excluding hydrogens is 362 g/mol. The molecule has 0 aliphatic heterocycles. The summed E-state index contributed by atoms with van der Waals surface area (Å²) >= 11 is 3.12. The van der Waals surface area contributed by atoms with E-state index in [0.29, 0.717) is 5.75 Å². The van der Waals surface area contributed by atoms with Gasteiger partial charge in [-0.1, -0.05) is 49.0 Å². The number of thioether (sulfide) groups is 1. The number of hydrogen-bond acceptors (Lipinski definition) is 5. The zero-order valence-electron chi connectivity index (χ0n) is 14.2. The molecular formula is C20H17N3OS2. The van der Waals surface area contributed by atoms with E-state index >= 15 is 0 Å². The highest BCUT2D eigenvalue weighted by Crippen LogP contribution is 2.36. The van der Waals surface area contributed by atoms with Crippen LogP contribution in [0.5, 0.6) is 0 Å². The molecule has 2 aromatic heterocycles. The molecule has 4 aromatic rings. The third kappa shape index (κ3) is 3.43. The summed E-state index contributed by atoms with van der Waals surface area (Å²) in [6.07, 6.45) is 2.56. The van der Waals surface area contributed by atoms with Crippen molar-refractivity contribution in [1.29, 1.82) is 0 Å². The van der Waals surface area contributed by atoms with Gasteiger partial charge in [0.05, 0.1) is 16.0 Å². The Morgan fingerprint density at radius 3 is 2.73 bits per heavy atom. The smallest absolute Gasteiger partial charge is 0.234 e. The number of rotatable bonds is 5. The van der Waals surface area contributed by atoms with Gasteiger partial charge >= 0.3 is 0 Å². The number of anilines is 1. The Morgan fingerprint density at radius 2 is 1.92 bits per heavy atom. The Labute approximate surface area is 159 Å². The molecule has 0 unspecified atom stereocenters. The molecule has 0 atom stereocenters. The Balaban J connectivity index is 1.49. The van der Waals surface area contributed by atoms with Gasteiger partial charge in [0.1, 0.15) is 11.4 Å². The standard InChI is InChI=1S/C20H17N3OS2/c1-2-13-7-9-14(10-8-13)23-17(24)11-25-20-19-18(21-12-22-20)15-5-3-4-6-16(15)26-19/h3-10,12H,2,11H2,1H3,(H,23,24). The van der Waals surface area contributed by atoms with Gasteiger partial charge in [0, 0.05) is 15.8 Å². The minimum absolute atomic E-state index is 0.0351. The molecule has 0 aliphatic carbocycles. The molecule has 2 aromatic carbocycles. The number of nitrogens with zero attached hydrogens (tertiary/aromatic N) is 2. The van der Waals surface area contributed by atoms with Crippen molar-refractivity contribution in [2.24, 2.45) is 0 Å². The molecule has 0 spiro atoms. The second-order valence-electron chi connectivity index (χ2n) is 5.84. The summed E-state index contributed by atoms with van der Waals surface area (Å²) < 4.78 is 2.23. The van der Waals surface area contributed by atoms with Crippen LogP contribution >= 0.6 is 23.1 Å². The van der Waals surface area contributed by atoms with Gasteiger partial charge in [-0.05, 0) is 30.2 Å². The highest BCUT2D eigenvalue weighted by atomic mass is 32.2. The fourth-order valence-corrected chi connectivity index (χ4v) is 4.79. The summed E-state index contributed by atoms with van der Waals surface area (Å²) in [6.45, 7) is 2.11. The van der Waals surface area contributed by atoms with Crippen LogP contribution in [0.25, 0.3) is 20.3 Å². The second kappa shape index (κ2) is 7.43. The van der Waals surface area contributed by atoms with Crippen molar-refractivity contribution in [3.8, 4) is 0 Å². The molecule has 1 N–H and O–H groups in total. The Kier molecular flexibility index (Phi) is 4.86. The first-order valence-electron chi connectivity index (χ1n) is 8.38. The lowest BCUT2D eigenvalue weighted by atomic mass is 10.1. The van der Waals surface area contributed by atoms with Crippen molar-refractivity contribution in [3.05, 3.63) is 60.4 Å². The summed E-state index contributed by atoms with van der Waals surface area (Å²) in [5.41, 5.74) is 3.03. The third-order valence-corrected chi connectivity index (χ3v) is 6.40. The second-order valence-corrected chi connectivity index (χ2v) is 7.86. The summed E-state index contributed by atoms with van der Waals surface area (Å²) in [7, 11) is 0. The van der Waals surface area contributed by atoms with Crippen molar-refractivity contribution in [2.75, 3.05) is 11.1 Å². The maximum Gasteiger partial charge on any atom is 0.234 e. The van der Waals surface area contributed by atoms with Gasteiger partial charge in [0.2, 0.25) is 5.91 Å². The van der Waals surface area contributed by atoms with Crippen molar-refractivity contribution >= 4 is 55.0 Å². The molecule has 0 aliphatic rings. The first kappa shape index (κ1) is 17.0. The lowest BCUT2D eigenvalue weighted by Crippen LogP contribution is -2.14. The van der Waals surface area contributed by atoms with E-state index in [1.807, 2.05) is 36.4 Å². The van der Waals surface area contributed by atoms with Crippen LogP contribution in [0.15, 0.2) is 59.9 Å². The fraction of sp³-hybridized carbons (Fsp3) is 0.150. The van der Waals surface area contributed by atoms with E-state index in [0.717, 1.165) is 32.7 Å². The highest BCUT2D eigenvalue weighted by Gasteiger charge is 2.13. The minimum atomic E-state index is -0.0351. The fourth-order valence-electron chi connectivity index (χ4n) is 2.76. The van der Waals surface area contributed by atoms with Crippen molar-refractivity contribution in [3.63, 3.8) is 0 Å². The predicted octanol–water partition coefficient (Wildman–Crippen LogP) is 5.14. The van der Waals surface area contributed by atoms with E-state index in [1.54, 1.807) is 17.7 Å². The highest BCUT2D eigenvalue weighted by molar-refractivity contribution is 8.00. The van der Waals surface area contributed by atoms with Gasteiger partial charge in [0.15, 0.2) is 0 Å². The topological polar surface area (TPSA) is 54.9 Å². The number of carbonyl (C=O) groups is 1. The number of thiophene rings is 1. The van der Waals surface area contributed by atoms with Crippen LogP contribution in [0.4, 0.5) is 5.69 Å². The van der Waals surface area contributed by atoms with Crippen LogP contribution in [0, 0.1) is 0 Å². The number of aryl methyl sites for hydroxylation is 1. The number of amides is 1. The molecule has 26 heavy (non-hydrogen) atoms. The van der Waals surface area contributed by atoms with Crippen LogP contribution in [0.2, 0.25) is 0 Å². The van der Waals surface area contributed by atoms with Gasteiger partial charge in [-0.25, -0.2) is 9.97 Å². The average molecular weight is 380 g/mol. The van der Waals surface area contributed by atoms with Gasteiger partial charge in [-0.15, -0.1) is 11.3 Å². The number of nitrogens with one attached hydrogen (secondary N) is 1. The Bertz CT molecular complexity index is 1070. The Hall–Kier alpha value is -2.44. The SMILES string of the molecule is CCc1ccc(NC(=O)CSc2ncnc3c2sc2ccccc23)cc1. The molecule has 0 radical (unpaired) electrons. The number of carbonyl (C=O) groups excluding carboxylic acids is 1. The summed E-state index contributed by atoms with van der Waals surface area (Å²) in [5, 5.41) is 4.93. The van der Waals surface area contributed by atoms with Crippen LogP contribution in [-0.2, 0) is 11.2 Å². The number of hydrogen-bond donors (Lipinski definition) is 1. The van der Waals surface area contributed by atoms with E-state index in [9.17, 15) is 4.79 Å². The van der Waals surface area contributed by atoms with Crippen molar-refractivity contribution in [2.45, 2.75) is 18.4 Å². The average Bonchev–Trinajstić information content (AvgIpc) is 3.06. The number of aromatic nitrogens is 2. The van der Waals surface area contributed by atoms with Gasteiger partial charge < -0.3 is 5.32 Å². The van der Waals surface area contributed by atoms with E-state index < -0.39 is 0 Å². The van der Waals surface area contributed by atoms with Gasteiger partial charge in [0.25, 0.3) is 0 Å². The lowest BCUT2D eigenvalue weighted by Gasteiger charge is -2.06. The molecule has 4 nitrogen and oxygen atoms in total. The summed E-state index contributed by atoms with van der Waals surface area (Å²) in [5.74, 6) is 0.280. The van der Waals surface area contributed by atoms with Crippen molar-refractivity contribution in [1.82, 2.24) is 9.97 Å². The van der Waals surface area contributed by atoms with Crippen LogP contribution in [-0.4, -0.2) is 21.6 Å². The van der Waals surface area contributed by atoms with E-state index in [4.69, 9.17) is 0 Å². The quantitative estimate of drug-likeness (QED) is 0.385.